The van der Waals surface area contributed by atoms with Gasteiger partial charge >= 0.3 is 0 Å². The zero-order chi connectivity index (χ0) is 18.4. The lowest BCUT2D eigenvalue weighted by Crippen LogP contribution is -2.35. The molecule has 1 atom stereocenters. The summed E-state index contributed by atoms with van der Waals surface area (Å²) in [7, 11) is 0. The van der Waals surface area contributed by atoms with Gasteiger partial charge in [-0.25, -0.2) is 4.39 Å². The Morgan fingerprint density at radius 3 is 2.92 bits per heavy atom. The quantitative estimate of drug-likeness (QED) is 0.672. The molecule has 0 radical (unpaired) electrons. The Kier molecular flexibility index (Phi) is 6.85. The number of amides is 1. The molecule has 2 N–H and O–H groups in total. The molecule has 1 fully saturated rings. The molecule has 1 aliphatic rings. The second-order valence-electron chi connectivity index (χ2n) is 6.52. The smallest absolute Gasteiger partial charge is 0.233 e. The Labute approximate surface area is 161 Å². The number of thioether (sulfide) groups is 1. The molecule has 2 aromatic rings. The summed E-state index contributed by atoms with van der Waals surface area (Å²) in [4.78, 5) is 12.3. The molecule has 8 heteroatoms. The van der Waals surface area contributed by atoms with Gasteiger partial charge in [-0.3, -0.25) is 4.79 Å². The Morgan fingerprint density at radius 2 is 2.15 bits per heavy atom. The molecule has 1 saturated carbocycles. The van der Waals surface area contributed by atoms with E-state index in [1.54, 1.807) is 12.1 Å². The molecule has 0 spiro atoms. The number of nitrogens with zero attached hydrogens (tertiary/aromatic N) is 2. The van der Waals surface area contributed by atoms with E-state index in [1.807, 2.05) is 6.92 Å². The summed E-state index contributed by atoms with van der Waals surface area (Å²) in [6, 6.07) is 6.18. The first-order valence-corrected chi connectivity index (χ1v) is 10.6. The maximum absolute atomic E-state index is 13.2. The van der Waals surface area contributed by atoms with Crippen LogP contribution in [0.4, 0.5) is 15.2 Å². The van der Waals surface area contributed by atoms with Crippen molar-refractivity contribution in [3.63, 3.8) is 0 Å². The number of hydrogen-bond donors (Lipinski definition) is 2. The molecule has 3 rings (SSSR count). The predicted octanol–water partition coefficient (Wildman–Crippen LogP) is 4.60. The maximum Gasteiger partial charge on any atom is 0.233 e. The second-order valence-corrected chi connectivity index (χ2v) is 9.08. The van der Waals surface area contributed by atoms with Gasteiger partial charge in [-0.1, -0.05) is 48.4 Å². The SMILES string of the molecule is CC(Sc1nnc(Nc2cccc(F)c2)s1)C(=O)NCC1CCCCC1. The van der Waals surface area contributed by atoms with Gasteiger partial charge in [0.05, 0.1) is 5.25 Å². The minimum Gasteiger partial charge on any atom is -0.355 e. The molecule has 1 heterocycles. The molecule has 140 valence electrons. The van der Waals surface area contributed by atoms with Gasteiger partial charge in [-0.15, -0.1) is 10.2 Å². The predicted molar refractivity (Wildman–Crippen MR) is 104 cm³/mol. The average Bonchev–Trinajstić information content (AvgIpc) is 3.07. The lowest BCUT2D eigenvalue weighted by Gasteiger charge is -2.22. The number of carbonyl (C=O) groups excluding carboxylic acids is 1. The van der Waals surface area contributed by atoms with Gasteiger partial charge in [0.2, 0.25) is 11.0 Å². The molecular formula is C18H23FN4OS2. The monoisotopic (exact) mass is 394 g/mol. The van der Waals surface area contributed by atoms with E-state index in [9.17, 15) is 9.18 Å². The van der Waals surface area contributed by atoms with Crippen molar-refractivity contribution in [3.05, 3.63) is 30.1 Å². The van der Waals surface area contributed by atoms with E-state index in [4.69, 9.17) is 0 Å². The minimum absolute atomic E-state index is 0.0374. The normalized spacial score (nSPS) is 16.2. The third-order valence-corrected chi connectivity index (χ3v) is 6.44. The van der Waals surface area contributed by atoms with Gasteiger partial charge in [0.15, 0.2) is 4.34 Å². The molecule has 26 heavy (non-hydrogen) atoms. The van der Waals surface area contributed by atoms with Gasteiger partial charge in [-0.05, 0) is 43.9 Å². The molecule has 1 amide bonds. The van der Waals surface area contributed by atoms with Crippen LogP contribution in [-0.4, -0.2) is 27.9 Å². The molecule has 1 aromatic carbocycles. The first-order chi connectivity index (χ1) is 12.6. The van der Waals surface area contributed by atoms with Crippen molar-refractivity contribution in [1.82, 2.24) is 15.5 Å². The summed E-state index contributed by atoms with van der Waals surface area (Å²) in [6.45, 7) is 2.65. The van der Waals surface area contributed by atoms with Crippen molar-refractivity contribution in [2.75, 3.05) is 11.9 Å². The van der Waals surface area contributed by atoms with Crippen LogP contribution in [0.15, 0.2) is 28.6 Å². The fraction of sp³-hybridized carbons (Fsp3) is 0.500. The van der Waals surface area contributed by atoms with Crippen LogP contribution >= 0.6 is 23.1 Å². The van der Waals surface area contributed by atoms with Crippen LogP contribution in [0.2, 0.25) is 0 Å². The van der Waals surface area contributed by atoms with E-state index in [0.717, 1.165) is 6.54 Å². The number of benzene rings is 1. The van der Waals surface area contributed by atoms with E-state index in [0.29, 0.717) is 21.1 Å². The molecule has 0 aliphatic heterocycles. The van der Waals surface area contributed by atoms with Crippen molar-refractivity contribution >= 4 is 39.8 Å². The Bertz CT molecular complexity index is 733. The van der Waals surface area contributed by atoms with Crippen molar-refractivity contribution in [2.24, 2.45) is 5.92 Å². The van der Waals surface area contributed by atoms with Crippen LogP contribution < -0.4 is 10.6 Å². The largest absolute Gasteiger partial charge is 0.355 e. The fourth-order valence-electron chi connectivity index (χ4n) is 2.98. The minimum atomic E-state index is -0.308. The van der Waals surface area contributed by atoms with Crippen molar-refractivity contribution < 1.29 is 9.18 Å². The third-order valence-electron chi connectivity index (χ3n) is 4.42. The molecule has 1 aromatic heterocycles. The van der Waals surface area contributed by atoms with Gasteiger partial charge in [0, 0.05) is 12.2 Å². The van der Waals surface area contributed by atoms with E-state index >= 15 is 0 Å². The summed E-state index contributed by atoms with van der Waals surface area (Å²) < 4.78 is 13.9. The number of carbonyl (C=O) groups is 1. The topological polar surface area (TPSA) is 66.9 Å². The molecule has 1 aliphatic carbocycles. The molecule has 5 nitrogen and oxygen atoms in total. The van der Waals surface area contributed by atoms with Crippen LogP contribution in [0.5, 0.6) is 0 Å². The van der Waals surface area contributed by atoms with Crippen molar-refractivity contribution in [1.29, 1.82) is 0 Å². The molecule has 0 saturated heterocycles. The summed E-state index contributed by atoms with van der Waals surface area (Å²) in [6.07, 6.45) is 6.30. The number of nitrogens with one attached hydrogen (secondary N) is 2. The van der Waals surface area contributed by atoms with Crippen LogP contribution in [0.1, 0.15) is 39.0 Å². The fourth-order valence-corrected chi connectivity index (χ4v) is 4.92. The molecule has 0 bridgehead atoms. The van der Waals surface area contributed by atoms with E-state index in [-0.39, 0.29) is 17.0 Å². The first kappa shape index (κ1) is 19.1. The number of aromatic nitrogens is 2. The standard InChI is InChI=1S/C18H23FN4OS2/c1-12(16(24)20-11-13-6-3-2-4-7-13)25-18-23-22-17(26-18)21-15-9-5-8-14(19)10-15/h5,8-10,12-13H,2-4,6-7,11H2,1H3,(H,20,24)(H,21,22). The van der Waals surface area contributed by atoms with Crippen molar-refractivity contribution in [2.45, 2.75) is 48.6 Å². The summed E-state index contributed by atoms with van der Waals surface area (Å²) >= 11 is 2.74. The van der Waals surface area contributed by atoms with Gasteiger partial charge in [0.25, 0.3) is 0 Å². The van der Waals surface area contributed by atoms with Gasteiger partial charge in [0.1, 0.15) is 5.82 Å². The maximum atomic E-state index is 13.2. The van der Waals surface area contributed by atoms with E-state index in [1.165, 1.54) is 67.3 Å². The third kappa shape index (κ3) is 5.67. The highest BCUT2D eigenvalue weighted by Crippen LogP contribution is 2.30. The number of rotatable bonds is 7. The van der Waals surface area contributed by atoms with Crippen LogP contribution in [0.25, 0.3) is 0 Å². The lowest BCUT2D eigenvalue weighted by molar-refractivity contribution is -0.120. The highest BCUT2D eigenvalue weighted by Gasteiger charge is 2.19. The lowest BCUT2D eigenvalue weighted by atomic mass is 9.89. The molecule has 1 unspecified atom stereocenters. The summed E-state index contributed by atoms with van der Waals surface area (Å²) in [5.41, 5.74) is 0.621. The average molecular weight is 395 g/mol. The Hall–Kier alpha value is -1.67. The van der Waals surface area contributed by atoms with Crippen LogP contribution in [0, 0.1) is 11.7 Å². The van der Waals surface area contributed by atoms with Gasteiger partial charge in [-0.2, -0.15) is 0 Å². The van der Waals surface area contributed by atoms with Crippen LogP contribution in [-0.2, 0) is 4.79 Å². The first-order valence-electron chi connectivity index (χ1n) is 8.90. The Balaban J connectivity index is 1.47. The molecular weight excluding hydrogens is 371 g/mol. The summed E-state index contributed by atoms with van der Waals surface area (Å²) in [5.74, 6) is 0.348. The van der Waals surface area contributed by atoms with E-state index < -0.39 is 0 Å². The van der Waals surface area contributed by atoms with Crippen molar-refractivity contribution in [3.8, 4) is 0 Å². The Morgan fingerprint density at radius 1 is 1.35 bits per heavy atom. The zero-order valence-electron chi connectivity index (χ0n) is 14.7. The zero-order valence-corrected chi connectivity index (χ0v) is 16.3. The second kappa shape index (κ2) is 9.32. The van der Waals surface area contributed by atoms with Crippen LogP contribution in [0.3, 0.4) is 0 Å². The number of hydrogen-bond acceptors (Lipinski definition) is 6. The van der Waals surface area contributed by atoms with E-state index in [2.05, 4.69) is 20.8 Å². The highest BCUT2D eigenvalue weighted by molar-refractivity contribution is 8.02. The summed E-state index contributed by atoms with van der Waals surface area (Å²) in [5, 5.41) is 14.6. The highest BCUT2D eigenvalue weighted by atomic mass is 32.2. The number of anilines is 2. The van der Waals surface area contributed by atoms with Gasteiger partial charge < -0.3 is 10.6 Å². The number of halogens is 1.